The van der Waals surface area contributed by atoms with E-state index in [1.54, 1.807) is 0 Å². The summed E-state index contributed by atoms with van der Waals surface area (Å²) in [4.78, 5) is 14.5. The van der Waals surface area contributed by atoms with E-state index in [1.807, 2.05) is 6.92 Å². The van der Waals surface area contributed by atoms with Crippen molar-refractivity contribution in [2.45, 2.75) is 39.8 Å². The van der Waals surface area contributed by atoms with Crippen molar-refractivity contribution in [1.29, 1.82) is 0 Å². The summed E-state index contributed by atoms with van der Waals surface area (Å²) in [6.45, 7) is 8.24. The first-order valence-corrected chi connectivity index (χ1v) is 10.1. The fraction of sp³-hybridized carbons (Fsp3) is 0.435. The fourth-order valence-electron chi connectivity index (χ4n) is 4.45. The topological polar surface area (TPSA) is 34.5 Å². The van der Waals surface area contributed by atoms with Gasteiger partial charge in [-0.3, -0.25) is 9.69 Å². The molecule has 2 aromatic carbocycles. The number of para-hydroxylation sites is 1. The van der Waals surface area contributed by atoms with Gasteiger partial charge < -0.3 is 9.30 Å². The zero-order chi connectivity index (χ0) is 18.8. The number of carbonyl (C=O) groups is 1. The highest BCUT2D eigenvalue weighted by Gasteiger charge is 2.26. The molecule has 0 N–H and O–H groups in total. The number of ether oxygens (including phenoxy) is 1. The van der Waals surface area contributed by atoms with E-state index in [2.05, 4.69) is 58.9 Å². The maximum absolute atomic E-state index is 12.1. The van der Waals surface area contributed by atoms with Crippen LogP contribution in [0, 0.1) is 5.92 Å². The zero-order valence-corrected chi connectivity index (χ0v) is 16.3. The summed E-state index contributed by atoms with van der Waals surface area (Å²) in [5.74, 6) is -0.0203. The van der Waals surface area contributed by atoms with Gasteiger partial charge in [-0.15, -0.1) is 0 Å². The van der Waals surface area contributed by atoms with Gasteiger partial charge in [-0.25, -0.2) is 0 Å². The van der Waals surface area contributed by atoms with Crippen LogP contribution in [0.2, 0.25) is 0 Å². The van der Waals surface area contributed by atoms with E-state index in [0.717, 1.165) is 39.0 Å². The predicted molar refractivity (Wildman–Crippen MR) is 110 cm³/mol. The summed E-state index contributed by atoms with van der Waals surface area (Å²) < 4.78 is 7.61. The number of likely N-dealkylation sites (tertiary alicyclic amines) is 1. The van der Waals surface area contributed by atoms with Gasteiger partial charge >= 0.3 is 5.97 Å². The van der Waals surface area contributed by atoms with E-state index in [9.17, 15) is 4.79 Å². The second-order valence-corrected chi connectivity index (χ2v) is 7.44. The second-order valence-electron chi connectivity index (χ2n) is 7.44. The molecule has 4 heteroatoms. The van der Waals surface area contributed by atoms with Crippen LogP contribution in [0.1, 0.15) is 32.3 Å². The molecule has 27 heavy (non-hydrogen) atoms. The third-order valence-corrected chi connectivity index (χ3v) is 5.68. The Morgan fingerprint density at radius 3 is 2.74 bits per heavy atom. The van der Waals surface area contributed by atoms with Gasteiger partial charge in [0.05, 0.1) is 12.5 Å². The van der Waals surface area contributed by atoms with E-state index in [4.69, 9.17) is 4.74 Å². The van der Waals surface area contributed by atoms with Crippen molar-refractivity contribution in [2.24, 2.45) is 5.92 Å². The average Bonchev–Trinajstić information content (AvgIpc) is 3.01. The molecule has 0 aliphatic carbocycles. The minimum Gasteiger partial charge on any atom is -0.466 e. The number of hydrogen-bond donors (Lipinski definition) is 0. The van der Waals surface area contributed by atoms with Gasteiger partial charge in [0.25, 0.3) is 0 Å². The Morgan fingerprint density at radius 1 is 1.11 bits per heavy atom. The van der Waals surface area contributed by atoms with E-state index in [0.29, 0.717) is 6.61 Å². The molecule has 3 aromatic rings. The molecule has 1 saturated heterocycles. The molecule has 1 aromatic heterocycles. The quantitative estimate of drug-likeness (QED) is 0.621. The lowest BCUT2D eigenvalue weighted by Gasteiger charge is -2.31. The Morgan fingerprint density at radius 2 is 1.93 bits per heavy atom. The van der Waals surface area contributed by atoms with Gasteiger partial charge in [-0.1, -0.05) is 24.3 Å². The molecule has 2 heterocycles. The predicted octanol–water partition coefficient (Wildman–Crippen LogP) is 4.59. The number of rotatable bonds is 5. The lowest BCUT2D eigenvalue weighted by molar-refractivity contribution is -0.150. The van der Waals surface area contributed by atoms with Gasteiger partial charge in [0.15, 0.2) is 0 Å². The maximum Gasteiger partial charge on any atom is 0.310 e. The summed E-state index contributed by atoms with van der Waals surface area (Å²) in [5, 5.41) is 2.64. The Hall–Kier alpha value is -2.33. The number of nitrogens with zero attached hydrogens (tertiary/aromatic N) is 2. The first kappa shape index (κ1) is 18.1. The minimum absolute atomic E-state index is 0.0180. The molecule has 1 aliphatic rings. The molecule has 1 fully saturated rings. The molecule has 4 rings (SSSR count). The molecule has 0 radical (unpaired) electrons. The Balaban J connectivity index is 1.59. The summed E-state index contributed by atoms with van der Waals surface area (Å²) in [7, 11) is 0. The van der Waals surface area contributed by atoms with Crippen molar-refractivity contribution in [3.63, 3.8) is 0 Å². The third-order valence-electron chi connectivity index (χ3n) is 5.68. The Bertz CT molecular complexity index is 960. The summed E-state index contributed by atoms with van der Waals surface area (Å²) >= 11 is 0. The van der Waals surface area contributed by atoms with Crippen molar-refractivity contribution < 1.29 is 9.53 Å². The Kier molecular flexibility index (Phi) is 5.17. The number of esters is 1. The largest absolute Gasteiger partial charge is 0.466 e. The second kappa shape index (κ2) is 7.73. The molecule has 0 amide bonds. The Labute approximate surface area is 160 Å². The molecule has 1 atom stereocenters. The van der Waals surface area contributed by atoms with Crippen molar-refractivity contribution >= 4 is 27.8 Å². The van der Waals surface area contributed by atoms with E-state index >= 15 is 0 Å². The highest BCUT2D eigenvalue weighted by Crippen LogP contribution is 2.30. The smallest absolute Gasteiger partial charge is 0.310 e. The van der Waals surface area contributed by atoms with Crippen molar-refractivity contribution in [3.8, 4) is 0 Å². The maximum atomic E-state index is 12.1. The number of piperidine rings is 1. The highest BCUT2D eigenvalue weighted by molar-refractivity contribution is 6.08. The molecule has 1 aliphatic heterocycles. The van der Waals surface area contributed by atoms with Crippen LogP contribution >= 0.6 is 0 Å². The minimum atomic E-state index is -0.0383. The monoisotopic (exact) mass is 364 g/mol. The zero-order valence-electron chi connectivity index (χ0n) is 16.3. The third kappa shape index (κ3) is 3.46. The van der Waals surface area contributed by atoms with E-state index in [-0.39, 0.29) is 11.9 Å². The number of hydrogen-bond acceptors (Lipinski definition) is 3. The normalized spacial score (nSPS) is 18.2. The van der Waals surface area contributed by atoms with Crippen molar-refractivity contribution in [1.82, 2.24) is 9.47 Å². The SMILES string of the molecule is CCOC(=O)[C@H]1CCCN(Cc2ccc3c(c2)c2ccccc2n3CC)C1. The molecule has 4 nitrogen and oxygen atoms in total. The van der Waals surface area contributed by atoms with E-state index < -0.39 is 0 Å². The van der Waals surface area contributed by atoms with E-state index in [1.165, 1.54) is 27.4 Å². The number of aromatic nitrogens is 1. The van der Waals surface area contributed by atoms with Crippen molar-refractivity contribution in [2.75, 3.05) is 19.7 Å². The van der Waals surface area contributed by atoms with Gasteiger partial charge in [0.1, 0.15) is 0 Å². The molecular weight excluding hydrogens is 336 g/mol. The fourth-order valence-corrected chi connectivity index (χ4v) is 4.45. The summed E-state index contributed by atoms with van der Waals surface area (Å²) in [5.41, 5.74) is 3.91. The lowest BCUT2D eigenvalue weighted by Crippen LogP contribution is -2.38. The van der Waals surface area contributed by atoms with Crippen LogP contribution in [0.5, 0.6) is 0 Å². The van der Waals surface area contributed by atoms with Gasteiger partial charge in [-0.05, 0) is 57.0 Å². The van der Waals surface area contributed by atoms with Crippen LogP contribution in [0.25, 0.3) is 21.8 Å². The van der Waals surface area contributed by atoms with Crippen LogP contribution in [0.4, 0.5) is 0 Å². The lowest BCUT2D eigenvalue weighted by atomic mass is 9.97. The van der Waals surface area contributed by atoms with Crippen LogP contribution in [0.15, 0.2) is 42.5 Å². The number of benzene rings is 2. The summed E-state index contributed by atoms with van der Waals surface area (Å²) in [6.07, 6.45) is 2.00. The molecule has 0 saturated carbocycles. The van der Waals surface area contributed by atoms with Gasteiger partial charge in [0.2, 0.25) is 0 Å². The number of aryl methyl sites for hydroxylation is 1. The molecule has 0 spiro atoms. The first-order chi connectivity index (χ1) is 13.2. The van der Waals surface area contributed by atoms with Crippen LogP contribution in [0.3, 0.4) is 0 Å². The summed E-state index contributed by atoms with van der Waals surface area (Å²) in [6, 6.07) is 15.5. The van der Waals surface area contributed by atoms with Crippen molar-refractivity contribution in [3.05, 3.63) is 48.0 Å². The molecule has 142 valence electrons. The number of carbonyl (C=O) groups excluding carboxylic acids is 1. The molecular formula is C23H28N2O2. The number of fused-ring (bicyclic) bond motifs is 3. The first-order valence-electron chi connectivity index (χ1n) is 10.1. The van der Waals surface area contributed by atoms with Crippen LogP contribution in [-0.2, 0) is 22.6 Å². The molecule has 0 bridgehead atoms. The van der Waals surface area contributed by atoms with Gasteiger partial charge in [0, 0.05) is 41.4 Å². The van der Waals surface area contributed by atoms with Gasteiger partial charge in [-0.2, -0.15) is 0 Å². The highest BCUT2D eigenvalue weighted by atomic mass is 16.5. The molecule has 0 unspecified atom stereocenters. The van der Waals surface area contributed by atoms with Crippen LogP contribution < -0.4 is 0 Å². The van der Waals surface area contributed by atoms with Crippen LogP contribution in [-0.4, -0.2) is 35.1 Å². The standard InChI is InChI=1S/C23H28N2O2/c1-3-25-21-10-6-5-9-19(21)20-14-17(11-12-22(20)25)15-24-13-7-8-18(16-24)23(26)27-4-2/h5-6,9-12,14,18H,3-4,7-8,13,15-16H2,1-2H3/t18-/m0/s1. The average molecular weight is 364 g/mol.